The molecule has 1 aromatic carbocycles. The van der Waals surface area contributed by atoms with Crippen molar-refractivity contribution >= 4 is 11.0 Å². The molecule has 0 spiro atoms. The van der Waals surface area contributed by atoms with Crippen LogP contribution in [0, 0.1) is 11.3 Å². The predicted molar refractivity (Wildman–Crippen MR) is 109 cm³/mol. The lowest BCUT2D eigenvalue weighted by Crippen LogP contribution is -2.25. The van der Waals surface area contributed by atoms with Crippen molar-refractivity contribution in [3.63, 3.8) is 0 Å². The van der Waals surface area contributed by atoms with Crippen molar-refractivity contribution in [2.75, 3.05) is 26.2 Å². The van der Waals surface area contributed by atoms with Crippen LogP contribution in [0.2, 0.25) is 0 Å². The van der Waals surface area contributed by atoms with E-state index < -0.39 is 11.7 Å². The van der Waals surface area contributed by atoms with E-state index in [2.05, 4.69) is 20.2 Å². The van der Waals surface area contributed by atoms with Gasteiger partial charge in [-0.05, 0) is 43.8 Å². The van der Waals surface area contributed by atoms with Crippen molar-refractivity contribution < 1.29 is 17.9 Å². The third-order valence-electron chi connectivity index (χ3n) is 5.06. The maximum atomic E-state index is 13.7. The number of hydrogen-bond acceptors (Lipinski definition) is 6. The molecule has 0 atom stereocenters. The molecule has 0 unspecified atom stereocenters. The van der Waals surface area contributed by atoms with Gasteiger partial charge in [-0.2, -0.15) is 18.4 Å². The summed E-state index contributed by atoms with van der Waals surface area (Å²) >= 11 is 0. The maximum absolute atomic E-state index is 13.7. The summed E-state index contributed by atoms with van der Waals surface area (Å²) in [5, 5.41) is 17.1. The van der Waals surface area contributed by atoms with Crippen molar-refractivity contribution in [1.82, 2.24) is 24.9 Å². The van der Waals surface area contributed by atoms with Gasteiger partial charge in [0.1, 0.15) is 17.3 Å². The number of alkyl halides is 3. The monoisotopic (exact) mass is 432 g/mol. The Morgan fingerprint density at radius 1 is 1.19 bits per heavy atom. The van der Waals surface area contributed by atoms with Gasteiger partial charge in [-0.25, -0.2) is 9.67 Å². The summed E-state index contributed by atoms with van der Waals surface area (Å²) in [5.74, 6) is -0.223. The van der Waals surface area contributed by atoms with Gasteiger partial charge in [-0.1, -0.05) is 19.1 Å². The SMILES string of the molecule is CCN(CC)CCCOc1ccc(-c2cc3c(nnn3C)c(C#N)n2)cc1C(F)(F)F. The van der Waals surface area contributed by atoms with Gasteiger partial charge < -0.3 is 9.64 Å². The van der Waals surface area contributed by atoms with E-state index in [-0.39, 0.29) is 29.3 Å². The molecule has 2 heterocycles. The highest BCUT2D eigenvalue weighted by Gasteiger charge is 2.35. The van der Waals surface area contributed by atoms with Crippen LogP contribution in [0.4, 0.5) is 13.2 Å². The quantitative estimate of drug-likeness (QED) is 0.500. The number of ether oxygens (including phenoxy) is 1. The molecule has 0 saturated carbocycles. The second-order valence-corrected chi connectivity index (χ2v) is 6.99. The number of nitriles is 1. The zero-order chi connectivity index (χ0) is 22.6. The topological polar surface area (TPSA) is 79.9 Å². The zero-order valence-corrected chi connectivity index (χ0v) is 17.6. The molecule has 0 aliphatic heterocycles. The third-order valence-corrected chi connectivity index (χ3v) is 5.06. The summed E-state index contributed by atoms with van der Waals surface area (Å²) in [6, 6.07) is 7.30. The van der Waals surface area contributed by atoms with Crippen molar-refractivity contribution in [2.45, 2.75) is 26.4 Å². The fourth-order valence-corrected chi connectivity index (χ4v) is 3.30. The summed E-state index contributed by atoms with van der Waals surface area (Å²) < 4.78 is 48.1. The van der Waals surface area contributed by atoms with Gasteiger partial charge in [0.2, 0.25) is 0 Å². The molecule has 10 heteroatoms. The highest BCUT2D eigenvalue weighted by molar-refractivity contribution is 5.83. The van der Waals surface area contributed by atoms with Crippen molar-refractivity contribution in [3.05, 3.63) is 35.5 Å². The van der Waals surface area contributed by atoms with Crippen LogP contribution in [0.25, 0.3) is 22.3 Å². The first kappa shape index (κ1) is 22.5. The highest BCUT2D eigenvalue weighted by Crippen LogP contribution is 2.39. The Kier molecular flexibility index (Phi) is 6.75. The number of nitrogens with zero attached hydrogens (tertiary/aromatic N) is 6. The lowest BCUT2D eigenvalue weighted by molar-refractivity contribution is -0.138. The summed E-state index contributed by atoms with van der Waals surface area (Å²) in [6.07, 6.45) is -3.97. The van der Waals surface area contributed by atoms with Crippen LogP contribution in [-0.2, 0) is 13.2 Å². The molecular formula is C21H23F3N6O. The molecular weight excluding hydrogens is 409 g/mol. The first-order chi connectivity index (χ1) is 14.8. The van der Waals surface area contributed by atoms with Crippen molar-refractivity contribution in [3.8, 4) is 23.1 Å². The molecule has 2 aromatic heterocycles. The number of halogens is 3. The number of fused-ring (bicyclic) bond motifs is 1. The molecule has 31 heavy (non-hydrogen) atoms. The minimum Gasteiger partial charge on any atom is -0.493 e. The predicted octanol–water partition coefficient (Wildman–Crippen LogP) is 4.03. The molecule has 7 nitrogen and oxygen atoms in total. The molecule has 0 aliphatic carbocycles. The van der Waals surface area contributed by atoms with Crippen LogP contribution in [0.15, 0.2) is 24.3 Å². The lowest BCUT2D eigenvalue weighted by Gasteiger charge is -2.19. The smallest absolute Gasteiger partial charge is 0.419 e. The second kappa shape index (κ2) is 9.31. The van der Waals surface area contributed by atoms with E-state index in [1.807, 2.05) is 19.9 Å². The van der Waals surface area contributed by atoms with Gasteiger partial charge in [0.05, 0.1) is 23.4 Å². The van der Waals surface area contributed by atoms with Gasteiger partial charge in [-0.3, -0.25) is 0 Å². The Morgan fingerprint density at radius 2 is 1.94 bits per heavy atom. The van der Waals surface area contributed by atoms with Crippen LogP contribution in [0.3, 0.4) is 0 Å². The fraction of sp³-hybridized carbons (Fsp3) is 0.429. The van der Waals surface area contributed by atoms with Crippen molar-refractivity contribution in [2.24, 2.45) is 7.05 Å². The summed E-state index contributed by atoms with van der Waals surface area (Å²) in [7, 11) is 1.64. The van der Waals surface area contributed by atoms with E-state index in [9.17, 15) is 18.4 Å². The summed E-state index contributed by atoms with van der Waals surface area (Å²) in [4.78, 5) is 6.36. The Balaban J connectivity index is 1.91. The highest BCUT2D eigenvalue weighted by atomic mass is 19.4. The van der Waals surface area contributed by atoms with E-state index in [0.717, 1.165) is 25.7 Å². The Bertz CT molecular complexity index is 1100. The van der Waals surface area contributed by atoms with E-state index in [1.165, 1.54) is 16.8 Å². The normalized spacial score (nSPS) is 11.8. The van der Waals surface area contributed by atoms with Crippen LogP contribution < -0.4 is 4.74 Å². The van der Waals surface area contributed by atoms with Gasteiger partial charge in [-0.15, -0.1) is 5.10 Å². The van der Waals surface area contributed by atoms with Gasteiger partial charge in [0.15, 0.2) is 5.69 Å². The average molecular weight is 432 g/mol. The van der Waals surface area contributed by atoms with Gasteiger partial charge in [0.25, 0.3) is 0 Å². The van der Waals surface area contributed by atoms with E-state index in [4.69, 9.17) is 4.74 Å². The molecule has 0 N–H and O–H groups in total. The zero-order valence-electron chi connectivity index (χ0n) is 17.6. The van der Waals surface area contributed by atoms with Gasteiger partial charge >= 0.3 is 6.18 Å². The molecule has 164 valence electrons. The van der Waals surface area contributed by atoms with Gasteiger partial charge in [0, 0.05) is 19.2 Å². The van der Waals surface area contributed by atoms with Crippen LogP contribution in [0.5, 0.6) is 5.75 Å². The molecule has 3 rings (SSSR count). The number of rotatable bonds is 8. The standard InChI is InChI=1S/C21H23F3N6O/c1-4-30(5-2)9-6-10-31-19-8-7-14(11-15(19)21(22,23)24)16-12-18-20(17(13-25)26-16)27-28-29(18)3/h7-8,11-12H,4-6,9-10H2,1-3H3. The Labute approximate surface area is 178 Å². The molecule has 0 radical (unpaired) electrons. The molecule has 0 saturated heterocycles. The first-order valence-corrected chi connectivity index (χ1v) is 9.95. The maximum Gasteiger partial charge on any atom is 0.419 e. The fourth-order valence-electron chi connectivity index (χ4n) is 3.30. The first-order valence-electron chi connectivity index (χ1n) is 9.95. The number of aryl methyl sites for hydroxylation is 1. The van der Waals surface area contributed by atoms with Crippen molar-refractivity contribution in [1.29, 1.82) is 5.26 Å². The van der Waals surface area contributed by atoms with E-state index in [0.29, 0.717) is 17.5 Å². The average Bonchev–Trinajstić information content (AvgIpc) is 3.13. The second-order valence-electron chi connectivity index (χ2n) is 6.99. The lowest BCUT2D eigenvalue weighted by atomic mass is 10.1. The van der Waals surface area contributed by atoms with Crippen LogP contribution in [0.1, 0.15) is 31.5 Å². The van der Waals surface area contributed by atoms with Crippen LogP contribution in [-0.4, -0.2) is 51.1 Å². The number of pyridine rings is 1. The van der Waals surface area contributed by atoms with E-state index >= 15 is 0 Å². The molecule has 0 bridgehead atoms. The molecule has 0 aliphatic rings. The number of hydrogen-bond donors (Lipinski definition) is 0. The number of aromatic nitrogens is 4. The Hall–Kier alpha value is -3.19. The third kappa shape index (κ3) is 4.94. The summed E-state index contributed by atoms with van der Waals surface area (Å²) in [5.41, 5.74) is 0.391. The van der Waals surface area contributed by atoms with Crippen LogP contribution >= 0.6 is 0 Å². The molecule has 0 fully saturated rings. The van der Waals surface area contributed by atoms with E-state index in [1.54, 1.807) is 13.1 Å². The molecule has 3 aromatic rings. The molecule has 0 amide bonds. The number of benzene rings is 1. The summed E-state index contributed by atoms with van der Waals surface area (Å²) in [6.45, 7) is 6.78. The largest absolute Gasteiger partial charge is 0.493 e. The minimum absolute atomic E-state index is 0.00545. The minimum atomic E-state index is -4.60. The Morgan fingerprint density at radius 3 is 2.58 bits per heavy atom.